The van der Waals surface area contributed by atoms with Gasteiger partial charge in [0, 0.05) is 72.9 Å². The Morgan fingerprint density at radius 1 is 0.500 bits per heavy atom. The van der Waals surface area contributed by atoms with Gasteiger partial charge in [-0.2, -0.15) is 10.2 Å². The first-order chi connectivity index (χ1) is 32.0. The standard InChI is InChI=1S/2C27H28N4O2/c1-4-20-9-11-22(12-10-20)30(5-2)26(32)18-31-27(33)23-13-8-19(3)15-24(23)25(29-31)16-21-7-6-14-28-17-21;1-4-20-9-11-22(12-10-20)30(5-2)26(32)18-31-27(33)24-15-19(3)8-13-23(24)25(29-31)16-21-7-6-14-28-17-21/h2*6-15,17H,4-5,16,18H2,1-3H3. The van der Waals surface area contributed by atoms with E-state index in [0.29, 0.717) is 36.7 Å². The topological polar surface area (TPSA) is 136 Å². The van der Waals surface area contributed by atoms with Crippen LogP contribution in [-0.2, 0) is 48.4 Å². The Bertz CT molecular complexity index is 3080. The van der Waals surface area contributed by atoms with E-state index in [9.17, 15) is 19.2 Å². The summed E-state index contributed by atoms with van der Waals surface area (Å²) in [6.45, 7) is 12.8. The number of aryl methyl sites for hydroxylation is 4. The lowest BCUT2D eigenvalue weighted by atomic mass is 10.0. The minimum Gasteiger partial charge on any atom is -0.311 e. The minimum absolute atomic E-state index is 0.119. The van der Waals surface area contributed by atoms with Crippen molar-refractivity contribution in [1.29, 1.82) is 0 Å². The van der Waals surface area contributed by atoms with Gasteiger partial charge in [0.05, 0.1) is 22.2 Å². The normalized spacial score (nSPS) is 11.0. The molecule has 4 aromatic heterocycles. The Balaban J connectivity index is 0.000000196. The Morgan fingerprint density at radius 3 is 1.35 bits per heavy atom. The van der Waals surface area contributed by atoms with Crippen molar-refractivity contribution in [3.63, 3.8) is 0 Å². The van der Waals surface area contributed by atoms with Crippen LogP contribution in [0.5, 0.6) is 0 Å². The summed E-state index contributed by atoms with van der Waals surface area (Å²) in [5.41, 5.74) is 9.09. The summed E-state index contributed by atoms with van der Waals surface area (Å²) in [5, 5.41) is 12.0. The van der Waals surface area contributed by atoms with Gasteiger partial charge in [-0.3, -0.25) is 29.1 Å². The number of carbonyl (C=O) groups is 2. The van der Waals surface area contributed by atoms with E-state index in [1.807, 2.05) is 137 Å². The monoisotopic (exact) mass is 880 g/mol. The largest absolute Gasteiger partial charge is 0.311 e. The maximum absolute atomic E-state index is 13.3. The number of benzene rings is 4. The highest BCUT2D eigenvalue weighted by Gasteiger charge is 2.21. The average molecular weight is 881 g/mol. The van der Waals surface area contributed by atoms with Crippen molar-refractivity contribution in [2.45, 2.75) is 80.3 Å². The molecule has 4 aromatic carbocycles. The number of anilines is 2. The van der Waals surface area contributed by atoms with E-state index >= 15 is 0 Å². The molecule has 0 saturated heterocycles. The van der Waals surface area contributed by atoms with Crippen molar-refractivity contribution < 1.29 is 9.59 Å². The molecule has 4 heterocycles. The van der Waals surface area contributed by atoms with E-state index in [1.165, 1.54) is 20.5 Å². The molecular weight excluding hydrogens is 825 g/mol. The summed E-state index contributed by atoms with van der Waals surface area (Å²) < 4.78 is 2.60. The second-order valence-electron chi connectivity index (χ2n) is 16.3. The van der Waals surface area contributed by atoms with Gasteiger partial charge < -0.3 is 9.80 Å². The molecule has 0 aliphatic carbocycles. The van der Waals surface area contributed by atoms with Gasteiger partial charge in [0.25, 0.3) is 11.1 Å². The summed E-state index contributed by atoms with van der Waals surface area (Å²) in [6, 6.07) is 35.1. The van der Waals surface area contributed by atoms with E-state index in [2.05, 4.69) is 34.0 Å². The third kappa shape index (κ3) is 10.8. The number of amides is 2. The molecule has 2 amide bonds. The molecule has 336 valence electrons. The molecule has 12 heteroatoms. The number of aromatic nitrogens is 6. The predicted molar refractivity (Wildman–Crippen MR) is 263 cm³/mol. The molecule has 66 heavy (non-hydrogen) atoms. The zero-order valence-corrected chi connectivity index (χ0v) is 38.6. The van der Waals surface area contributed by atoms with Crippen molar-refractivity contribution in [2.75, 3.05) is 22.9 Å². The molecule has 0 aliphatic heterocycles. The first-order valence-corrected chi connectivity index (χ1v) is 22.6. The second kappa shape index (κ2) is 21.4. The Hall–Kier alpha value is -7.60. The molecule has 0 radical (unpaired) electrons. The van der Waals surface area contributed by atoms with Crippen LogP contribution in [0.1, 0.15) is 72.5 Å². The highest BCUT2D eigenvalue weighted by Crippen LogP contribution is 2.22. The number of pyridine rings is 2. The van der Waals surface area contributed by atoms with Crippen molar-refractivity contribution in [3.8, 4) is 0 Å². The molecule has 0 spiro atoms. The summed E-state index contributed by atoms with van der Waals surface area (Å²) in [4.78, 5) is 64.7. The minimum atomic E-state index is -0.259. The fraction of sp³-hybridized carbons (Fsp3) is 0.259. The highest BCUT2D eigenvalue weighted by atomic mass is 16.2. The number of likely N-dealkylation sites (N-methyl/N-ethyl adjacent to an activating group) is 2. The van der Waals surface area contributed by atoms with Gasteiger partial charge in [-0.05, 0) is 117 Å². The van der Waals surface area contributed by atoms with Crippen LogP contribution >= 0.6 is 0 Å². The first kappa shape index (κ1) is 46.4. The maximum atomic E-state index is 13.3. The number of hydrogen-bond donors (Lipinski definition) is 0. The smallest absolute Gasteiger partial charge is 0.275 e. The highest BCUT2D eigenvalue weighted by molar-refractivity contribution is 5.94. The van der Waals surface area contributed by atoms with E-state index < -0.39 is 0 Å². The van der Waals surface area contributed by atoms with Gasteiger partial charge in [0.15, 0.2) is 0 Å². The fourth-order valence-corrected chi connectivity index (χ4v) is 8.06. The molecule has 0 unspecified atom stereocenters. The van der Waals surface area contributed by atoms with E-state index in [0.717, 1.165) is 68.6 Å². The number of carbonyl (C=O) groups excluding carboxylic acids is 2. The SMILES string of the molecule is CCc1ccc(N(CC)C(=O)Cn2nc(Cc3cccnc3)c3cc(C)ccc3c2=O)cc1.CCc1ccc(N(CC)C(=O)Cn2nc(Cc3cccnc3)c3ccc(C)cc3c2=O)cc1. The zero-order valence-electron chi connectivity index (χ0n) is 38.6. The van der Waals surface area contributed by atoms with Gasteiger partial charge in [-0.25, -0.2) is 9.36 Å². The van der Waals surface area contributed by atoms with E-state index in [4.69, 9.17) is 0 Å². The molecule has 8 rings (SSSR count). The fourth-order valence-electron chi connectivity index (χ4n) is 8.06. The third-order valence-corrected chi connectivity index (χ3v) is 11.7. The van der Waals surface area contributed by atoms with Crippen LogP contribution in [0.2, 0.25) is 0 Å². The van der Waals surface area contributed by atoms with E-state index in [1.54, 1.807) is 34.6 Å². The van der Waals surface area contributed by atoms with E-state index in [-0.39, 0.29) is 36.0 Å². The average Bonchev–Trinajstić information content (AvgIpc) is 3.33. The number of nitrogens with zero attached hydrogens (tertiary/aromatic N) is 8. The number of hydrogen-bond acceptors (Lipinski definition) is 8. The lowest BCUT2D eigenvalue weighted by Crippen LogP contribution is -2.37. The summed E-state index contributed by atoms with van der Waals surface area (Å²) in [6.07, 6.45) is 9.97. The molecular formula is C54H56N8O4. The van der Waals surface area contributed by atoms with Crippen molar-refractivity contribution in [2.24, 2.45) is 0 Å². The lowest BCUT2D eigenvalue weighted by Gasteiger charge is -2.22. The maximum Gasteiger partial charge on any atom is 0.275 e. The van der Waals surface area contributed by atoms with Crippen LogP contribution < -0.4 is 20.9 Å². The van der Waals surface area contributed by atoms with Gasteiger partial charge >= 0.3 is 0 Å². The van der Waals surface area contributed by atoms with Gasteiger partial charge in [-0.15, -0.1) is 0 Å². The molecule has 0 aliphatic rings. The Labute approximate surface area is 385 Å². The summed E-state index contributed by atoms with van der Waals surface area (Å²) in [5.74, 6) is -0.342. The molecule has 0 N–H and O–H groups in total. The quantitative estimate of drug-likeness (QED) is 0.106. The van der Waals surface area contributed by atoms with Crippen LogP contribution in [0, 0.1) is 13.8 Å². The van der Waals surface area contributed by atoms with Crippen molar-refractivity contribution >= 4 is 44.7 Å². The lowest BCUT2D eigenvalue weighted by molar-refractivity contribution is -0.120. The summed E-state index contributed by atoms with van der Waals surface area (Å²) >= 11 is 0. The molecule has 0 saturated carbocycles. The first-order valence-electron chi connectivity index (χ1n) is 22.6. The van der Waals surface area contributed by atoms with Gasteiger partial charge in [0.2, 0.25) is 11.8 Å². The summed E-state index contributed by atoms with van der Waals surface area (Å²) in [7, 11) is 0. The third-order valence-electron chi connectivity index (χ3n) is 11.7. The molecule has 12 nitrogen and oxygen atoms in total. The van der Waals surface area contributed by atoms with Crippen LogP contribution in [0.3, 0.4) is 0 Å². The number of fused-ring (bicyclic) bond motifs is 2. The predicted octanol–water partition coefficient (Wildman–Crippen LogP) is 8.61. The molecule has 0 atom stereocenters. The van der Waals surface area contributed by atoms with Crippen molar-refractivity contribution in [3.05, 3.63) is 199 Å². The zero-order chi connectivity index (χ0) is 46.7. The van der Waals surface area contributed by atoms with Crippen LogP contribution in [-0.4, -0.2) is 54.4 Å². The molecule has 0 fully saturated rings. The van der Waals surface area contributed by atoms with Crippen LogP contribution in [0.25, 0.3) is 21.5 Å². The Kier molecular flexibility index (Phi) is 15.0. The van der Waals surface area contributed by atoms with Crippen LogP contribution in [0.4, 0.5) is 11.4 Å². The van der Waals surface area contributed by atoms with Crippen molar-refractivity contribution in [1.82, 2.24) is 29.5 Å². The molecule has 8 aromatic rings. The Morgan fingerprint density at radius 2 is 0.924 bits per heavy atom. The molecule has 0 bridgehead atoms. The second-order valence-corrected chi connectivity index (χ2v) is 16.3. The number of rotatable bonds is 14. The van der Waals surface area contributed by atoms with Crippen LogP contribution in [0.15, 0.2) is 144 Å². The van der Waals surface area contributed by atoms with Gasteiger partial charge in [0.1, 0.15) is 13.1 Å². The van der Waals surface area contributed by atoms with Gasteiger partial charge in [-0.1, -0.05) is 79.6 Å².